The zero-order valence-electron chi connectivity index (χ0n) is 10.9. The molecule has 1 aromatic carbocycles. The van der Waals surface area contributed by atoms with Gasteiger partial charge in [0, 0.05) is 5.69 Å². The van der Waals surface area contributed by atoms with E-state index in [0.29, 0.717) is 16.9 Å². The van der Waals surface area contributed by atoms with Gasteiger partial charge in [-0.15, -0.1) is 0 Å². The number of hydrogen-bond donors (Lipinski definition) is 2. The first-order valence-electron chi connectivity index (χ1n) is 5.82. The van der Waals surface area contributed by atoms with E-state index in [0.717, 1.165) is 0 Å². The molecule has 0 amide bonds. The summed E-state index contributed by atoms with van der Waals surface area (Å²) in [5, 5.41) is 12.4. The molecule has 0 aliphatic rings. The number of aromatic carboxylic acids is 1. The van der Waals surface area contributed by atoms with E-state index in [1.165, 1.54) is 24.3 Å². The lowest BCUT2D eigenvalue weighted by Gasteiger charge is -2.12. The van der Waals surface area contributed by atoms with Crippen LogP contribution in [-0.4, -0.2) is 16.1 Å². The molecule has 6 heteroatoms. The molecule has 2 N–H and O–H groups in total. The minimum atomic E-state index is -1.14. The number of carboxylic acid groups (broad SMARTS) is 1. The minimum absolute atomic E-state index is 0.0377. The third kappa shape index (κ3) is 2.88. The van der Waals surface area contributed by atoms with Gasteiger partial charge >= 0.3 is 5.97 Å². The Morgan fingerprint density at radius 2 is 2.05 bits per heavy atom. The first-order chi connectivity index (χ1) is 9.38. The number of rotatable bonds is 3. The number of benzene rings is 1. The first kappa shape index (κ1) is 14.3. The number of carbonyl (C=O) groups is 1. The van der Waals surface area contributed by atoms with Crippen molar-refractivity contribution in [3.05, 3.63) is 51.9 Å². The predicted octanol–water partition coefficient (Wildman–Crippen LogP) is 3.93. The van der Waals surface area contributed by atoms with Gasteiger partial charge in [-0.25, -0.2) is 14.2 Å². The molecule has 0 unspecified atom stereocenters. The highest BCUT2D eigenvalue weighted by Crippen LogP contribution is 2.26. The highest BCUT2D eigenvalue weighted by Gasteiger charge is 2.15. The molecule has 0 bridgehead atoms. The van der Waals surface area contributed by atoms with Gasteiger partial charge in [-0.05, 0) is 43.7 Å². The molecular formula is C14H12ClFN2O2. The Labute approximate surface area is 120 Å². The largest absolute Gasteiger partial charge is 0.478 e. The molecule has 0 aliphatic carbocycles. The fourth-order valence-electron chi connectivity index (χ4n) is 1.73. The van der Waals surface area contributed by atoms with Gasteiger partial charge in [-0.1, -0.05) is 11.6 Å². The number of halogens is 2. The number of carboxylic acids is 1. The summed E-state index contributed by atoms with van der Waals surface area (Å²) < 4.78 is 13.1. The Morgan fingerprint density at radius 1 is 1.35 bits per heavy atom. The Kier molecular flexibility index (Phi) is 3.90. The summed E-state index contributed by atoms with van der Waals surface area (Å²) in [5.74, 6) is -1.32. The Hall–Kier alpha value is -2.14. The van der Waals surface area contributed by atoms with Crippen LogP contribution >= 0.6 is 11.6 Å². The second-order valence-electron chi connectivity index (χ2n) is 4.34. The summed E-state index contributed by atoms with van der Waals surface area (Å²) in [6, 6.07) is 5.51. The van der Waals surface area contributed by atoms with E-state index in [4.69, 9.17) is 11.6 Å². The molecule has 1 aromatic heterocycles. The molecule has 4 nitrogen and oxygen atoms in total. The number of nitrogens with zero attached hydrogens (tertiary/aromatic N) is 1. The van der Waals surface area contributed by atoms with Crippen molar-refractivity contribution in [2.75, 3.05) is 5.32 Å². The summed E-state index contributed by atoms with van der Waals surface area (Å²) in [4.78, 5) is 15.4. The zero-order valence-corrected chi connectivity index (χ0v) is 11.6. The van der Waals surface area contributed by atoms with Crippen LogP contribution in [0.2, 0.25) is 5.02 Å². The molecule has 2 rings (SSSR count). The lowest BCUT2D eigenvalue weighted by Crippen LogP contribution is -2.07. The summed E-state index contributed by atoms with van der Waals surface area (Å²) in [6.45, 7) is 3.39. The van der Waals surface area contributed by atoms with Gasteiger partial charge in [0.05, 0.1) is 10.7 Å². The Morgan fingerprint density at radius 3 is 2.65 bits per heavy atom. The molecule has 0 radical (unpaired) electrons. The van der Waals surface area contributed by atoms with E-state index >= 15 is 0 Å². The van der Waals surface area contributed by atoms with Crippen molar-refractivity contribution in [1.82, 2.24) is 4.98 Å². The van der Waals surface area contributed by atoms with Gasteiger partial charge in [-0.2, -0.15) is 0 Å². The molecule has 0 spiro atoms. The number of aryl methyl sites for hydroxylation is 2. The summed E-state index contributed by atoms with van der Waals surface area (Å²) in [6.07, 6.45) is 0. The quantitative estimate of drug-likeness (QED) is 0.900. The number of anilines is 2. The highest BCUT2D eigenvalue weighted by atomic mass is 35.5. The minimum Gasteiger partial charge on any atom is -0.478 e. The average molecular weight is 295 g/mol. The van der Waals surface area contributed by atoms with Gasteiger partial charge in [0.2, 0.25) is 0 Å². The van der Waals surface area contributed by atoms with E-state index in [2.05, 4.69) is 10.3 Å². The summed E-state index contributed by atoms with van der Waals surface area (Å²) in [7, 11) is 0. The standard InChI is InChI=1S/C14H12ClFN2O2/c1-7-5-9(16)3-4-12(7)18-13-10(14(19)20)6-11(15)8(2)17-13/h3-6H,1-2H3,(H,17,18)(H,19,20). The SMILES string of the molecule is Cc1cc(F)ccc1Nc1nc(C)c(Cl)cc1C(=O)O. The molecule has 0 atom stereocenters. The van der Waals surface area contributed by atoms with Gasteiger partial charge in [0.15, 0.2) is 0 Å². The van der Waals surface area contributed by atoms with Crippen LogP contribution in [-0.2, 0) is 0 Å². The van der Waals surface area contributed by atoms with Crippen molar-refractivity contribution in [2.24, 2.45) is 0 Å². The predicted molar refractivity (Wildman–Crippen MR) is 75.4 cm³/mol. The van der Waals surface area contributed by atoms with Crippen LogP contribution in [0.4, 0.5) is 15.9 Å². The lowest BCUT2D eigenvalue weighted by molar-refractivity contribution is 0.0697. The monoisotopic (exact) mass is 294 g/mol. The number of hydrogen-bond acceptors (Lipinski definition) is 3. The van der Waals surface area contributed by atoms with Crippen LogP contribution in [0.15, 0.2) is 24.3 Å². The van der Waals surface area contributed by atoms with Crippen molar-refractivity contribution in [2.45, 2.75) is 13.8 Å². The maximum atomic E-state index is 13.1. The van der Waals surface area contributed by atoms with E-state index < -0.39 is 5.97 Å². The Bertz CT molecular complexity index is 689. The van der Waals surface area contributed by atoms with E-state index in [-0.39, 0.29) is 22.2 Å². The Balaban J connectivity index is 2.47. The molecule has 0 fully saturated rings. The zero-order chi connectivity index (χ0) is 14.9. The van der Waals surface area contributed by atoms with Crippen LogP contribution in [0.25, 0.3) is 0 Å². The maximum Gasteiger partial charge on any atom is 0.339 e. The van der Waals surface area contributed by atoms with Crippen molar-refractivity contribution in [3.63, 3.8) is 0 Å². The van der Waals surface area contributed by atoms with Gasteiger partial charge in [0.1, 0.15) is 17.2 Å². The molecule has 0 aliphatic heterocycles. The smallest absolute Gasteiger partial charge is 0.339 e. The van der Waals surface area contributed by atoms with Crippen LogP contribution in [0.3, 0.4) is 0 Å². The van der Waals surface area contributed by atoms with Crippen molar-refractivity contribution in [3.8, 4) is 0 Å². The summed E-state index contributed by atoms with van der Waals surface area (Å²) in [5.41, 5.74) is 1.71. The molecule has 20 heavy (non-hydrogen) atoms. The van der Waals surface area contributed by atoms with Crippen molar-refractivity contribution < 1.29 is 14.3 Å². The number of aromatic nitrogens is 1. The molecule has 104 valence electrons. The van der Waals surface area contributed by atoms with E-state index in [1.54, 1.807) is 13.8 Å². The van der Waals surface area contributed by atoms with E-state index in [9.17, 15) is 14.3 Å². The highest BCUT2D eigenvalue weighted by molar-refractivity contribution is 6.31. The molecular weight excluding hydrogens is 283 g/mol. The number of pyridine rings is 1. The van der Waals surface area contributed by atoms with Crippen LogP contribution < -0.4 is 5.32 Å². The van der Waals surface area contributed by atoms with Gasteiger partial charge in [-0.3, -0.25) is 0 Å². The van der Waals surface area contributed by atoms with Crippen LogP contribution in [0, 0.1) is 19.7 Å². The second-order valence-corrected chi connectivity index (χ2v) is 4.75. The molecule has 2 aromatic rings. The normalized spacial score (nSPS) is 10.4. The van der Waals surface area contributed by atoms with E-state index in [1.807, 2.05) is 0 Å². The maximum absolute atomic E-state index is 13.1. The summed E-state index contributed by atoms with van der Waals surface area (Å²) >= 11 is 5.88. The van der Waals surface area contributed by atoms with Gasteiger partial charge in [0.25, 0.3) is 0 Å². The fraction of sp³-hybridized carbons (Fsp3) is 0.143. The lowest BCUT2D eigenvalue weighted by atomic mass is 10.1. The molecule has 1 heterocycles. The van der Waals surface area contributed by atoms with Crippen molar-refractivity contribution in [1.29, 1.82) is 0 Å². The fourth-order valence-corrected chi connectivity index (χ4v) is 1.89. The molecule has 0 saturated carbocycles. The topological polar surface area (TPSA) is 62.2 Å². The second kappa shape index (κ2) is 5.46. The third-order valence-electron chi connectivity index (χ3n) is 2.82. The third-order valence-corrected chi connectivity index (χ3v) is 3.21. The first-order valence-corrected chi connectivity index (χ1v) is 6.20. The number of nitrogens with one attached hydrogen (secondary N) is 1. The van der Waals surface area contributed by atoms with Crippen LogP contribution in [0.1, 0.15) is 21.6 Å². The van der Waals surface area contributed by atoms with Crippen molar-refractivity contribution >= 4 is 29.1 Å². The van der Waals surface area contributed by atoms with Crippen LogP contribution in [0.5, 0.6) is 0 Å². The average Bonchev–Trinajstić information content (AvgIpc) is 2.36. The van der Waals surface area contributed by atoms with Gasteiger partial charge < -0.3 is 10.4 Å². The molecule has 0 saturated heterocycles.